The zero-order valence-electron chi connectivity index (χ0n) is 15.6. The van der Waals surface area contributed by atoms with E-state index in [-0.39, 0.29) is 10.1 Å². The molecule has 0 aliphatic rings. The van der Waals surface area contributed by atoms with Crippen molar-refractivity contribution in [1.29, 1.82) is 0 Å². The number of hydrogen-bond acceptors (Lipinski definition) is 7. The molecule has 0 aliphatic heterocycles. The molecule has 0 fully saturated rings. The molecule has 0 spiro atoms. The Morgan fingerprint density at radius 2 is 2.00 bits per heavy atom. The molecular formula is C21H16N3O4S-. The first-order chi connectivity index (χ1) is 14.0. The lowest BCUT2D eigenvalue weighted by Gasteiger charge is -2.07. The number of carboxylic acid groups (broad SMARTS) is 1. The van der Waals surface area contributed by atoms with Crippen molar-refractivity contribution < 1.29 is 19.1 Å². The van der Waals surface area contributed by atoms with Crippen LogP contribution in [-0.4, -0.2) is 28.3 Å². The summed E-state index contributed by atoms with van der Waals surface area (Å²) in [5.41, 5.74) is 3.26. The molecule has 2 heterocycles. The number of carboxylic acids is 1. The first-order valence-corrected chi connectivity index (χ1v) is 9.53. The molecule has 146 valence electrons. The molecule has 2 aromatic carbocycles. The van der Waals surface area contributed by atoms with Gasteiger partial charge in [0.15, 0.2) is 0 Å². The Morgan fingerprint density at radius 3 is 2.66 bits per heavy atom. The maximum Gasteiger partial charge on any atom is 0.281 e. The normalized spacial score (nSPS) is 11.7. The van der Waals surface area contributed by atoms with Crippen LogP contribution in [0.4, 0.5) is 0 Å². The van der Waals surface area contributed by atoms with E-state index in [1.165, 1.54) is 0 Å². The largest absolute Gasteiger partial charge is 0.544 e. The molecule has 8 heteroatoms. The predicted octanol–water partition coefficient (Wildman–Crippen LogP) is 3.42. The Labute approximate surface area is 170 Å². The van der Waals surface area contributed by atoms with E-state index in [9.17, 15) is 9.90 Å². The Balaban J connectivity index is 1.91. The summed E-state index contributed by atoms with van der Waals surface area (Å²) in [5.74, 6) is -0.310. The van der Waals surface area contributed by atoms with Gasteiger partial charge in [0, 0.05) is 28.3 Å². The third kappa shape index (κ3) is 3.88. The van der Waals surface area contributed by atoms with Crippen molar-refractivity contribution >= 4 is 34.7 Å². The van der Waals surface area contributed by atoms with Crippen LogP contribution in [0.3, 0.4) is 0 Å². The number of aromatic nitrogens is 3. The van der Waals surface area contributed by atoms with Crippen molar-refractivity contribution in [2.75, 3.05) is 7.11 Å². The van der Waals surface area contributed by atoms with Crippen molar-refractivity contribution in [2.24, 2.45) is 0 Å². The number of fused-ring (bicyclic) bond motifs is 1. The summed E-state index contributed by atoms with van der Waals surface area (Å²) in [7, 11) is 1.59. The second-order valence-electron chi connectivity index (χ2n) is 6.18. The quantitative estimate of drug-likeness (QED) is 0.386. The molecule has 0 saturated heterocycles. The number of nitrogens with one attached hydrogen (secondary N) is 1. The predicted molar refractivity (Wildman–Crippen MR) is 108 cm³/mol. The molecule has 7 nitrogen and oxygen atoms in total. The lowest BCUT2D eigenvalue weighted by molar-refractivity contribution is -0.298. The number of carbonyl (C=O) groups excluding carboxylic acids is 1. The van der Waals surface area contributed by atoms with E-state index in [0.717, 1.165) is 33.9 Å². The second kappa shape index (κ2) is 7.84. The summed E-state index contributed by atoms with van der Waals surface area (Å²) >= 11 is 0.852. The molecule has 0 amide bonds. The van der Waals surface area contributed by atoms with Crippen LogP contribution in [-0.2, 0) is 4.79 Å². The molecule has 0 aliphatic carbocycles. The van der Waals surface area contributed by atoms with Crippen LogP contribution in [0.1, 0.15) is 11.5 Å². The Morgan fingerprint density at radius 1 is 1.21 bits per heavy atom. The highest BCUT2D eigenvalue weighted by Crippen LogP contribution is 2.36. The van der Waals surface area contributed by atoms with Gasteiger partial charge >= 0.3 is 0 Å². The summed E-state index contributed by atoms with van der Waals surface area (Å²) < 4.78 is 10.6. The topological polar surface area (TPSA) is 104 Å². The number of ether oxygens (including phenoxy) is 1. The maximum absolute atomic E-state index is 11.8. The van der Waals surface area contributed by atoms with Crippen LogP contribution in [0.2, 0.25) is 0 Å². The Kier molecular flexibility index (Phi) is 5.09. The van der Waals surface area contributed by atoms with Gasteiger partial charge in [-0.1, -0.05) is 30.3 Å². The summed E-state index contributed by atoms with van der Waals surface area (Å²) in [6.45, 7) is 1.64. The van der Waals surface area contributed by atoms with E-state index < -0.39 is 5.97 Å². The summed E-state index contributed by atoms with van der Waals surface area (Å²) in [6.07, 6.45) is 1.56. The SMILES string of the molecule is COc1ccc2[nH]c(-c3ccccc3)c(/C=C(\Sc3nnc(C)o3)C(=O)[O-])c2c1. The van der Waals surface area contributed by atoms with Crippen LogP contribution < -0.4 is 9.84 Å². The maximum atomic E-state index is 11.8. The Hall–Kier alpha value is -3.52. The molecular weight excluding hydrogens is 390 g/mol. The van der Waals surface area contributed by atoms with Gasteiger partial charge < -0.3 is 24.0 Å². The highest BCUT2D eigenvalue weighted by atomic mass is 32.2. The number of nitrogens with zero attached hydrogens (tertiary/aromatic N) is 2. The number of aliphatic carboxylic acids is 1. The zero-order chi connectivity index (χ0) is 20.4. The molecule has 0 saturated carbocycles. The molecule has 0 bridgehead atoms. The van der Waals surface area contributed by atoms with E-state index >= 15 is 0 Å². The van der Waals surface area contributed by atoms with E-state index in [1.54, 1.807) is 20.1 Å². The molecule has 0 radical (unpaired) electrons. The van der Waals surface area contributed by atoms with E-state index in [0.29, 0.717) is 17.2 Å². The zero-order valence-corrected chi connectivity index (χ0v) is 16.4. The average Bonchev–Trinajstić information content (AvgIpc) is 3.31. The number of thioether (sulfide) groups is 1. The number of carbonyl (C=O) groups is 1. The van der Waals surface area contributed by atoms with Gasteiger partial charge in [0.2, 0.25) is 5.89 Å². The number of H-pyrrole nitrogens is 1. The highest BCUT2D eigenvalue weighted by Gasteiger charge is 2.16. The fourth-order valence-electron chi connectivity index (χ4n) is 2.98. The standard InChI is InChI=1S/C21H17N3O4S/c1-12-23-24-21(28-12)29-18(20(25)26)11-16-15-10-14(27-2)8-9-17(15)22-19(16)13-6-4-3-5-7-13/h3-11,22H,1-2H3,(H,25,26)/p-1/b18-11-. The average molecular weight is 406 g/mol. The van der Waals surface area contributed by atoms with Gasteiger partial charge in [0.05, 0.1) is 18.8 Å². The monoisotopic (exact) mass is 406 g/mol. The minimum atomic E-state index is -1.33. The fraction of sp³-hybridized carbons (Fsp3) is 0.0952. The molecule has 29 heavy (non-hydrogen) atoms. The van der Waals surface area contributed by atoms with Crippen LogP contribution in [0.15, 0.2) is 63.1 Å². The summed E-state index contributed by atoms with van der Waals surface area (Å²) in [4.78, 5) is 15.1. The fourth-order valence-corrected chi connectivity index (χ4v) is 3.67. The van der Waals surface area contributed by atoms with Gasteiger partial charge in [-0.05, 0) is 41.6 Å². The molecule has 0 unspecified atom stereocenters. The first-order valence-electron chi connectivity index (χ1n) is 8.71. The summed E-state index contributed by atoms with van der Waals surface area (Å²) in [6, 6.07) is 15.3. The van der Waals surface area contributed by atoms with Crippen LogP contribution >= 0.6 is 11.8 Å². The van der Waals surface area contributed by atoms with Gasteiger partial charge in [-0.2, -0.15) is 0 Å². The number of aryl methyl sites for hydroxylation is 1. The number of rotatable bonds is 6. The third-order valence-corrected chi connectivity index (χ3v) is 5.13. The molecule has 0 atom stereocenters. The van der Waals surface area contributed by atoms with Crippen molar-refractivity contribution in [3.8, 4) is 17.0 Å². The highest BCUT2D eigenvalue weighted by molar-refractivity contribution is 8.03. The second-order valence-corrected chi connectivity index (χ2v) is 7.17. The number of hydrogen-bond donors (Lipinski definition) is 1. The van der Waals surface area contributed by atoms with Crippen LogP contribution in [0.25, 0.3) is 28.2 Å². The molecule has 1 N–H and O–H groups in total. The van der Waals surface area contributed by atoms with Gasteiger partial charge in [0.25, 0.3) is 5.22 Å². The minimum Gasteiger partial charge on any atom is -0.544 e. The number of benzene rings is 2. The molecule has 2 aromatic heterocycles. The van der Waals surface area contributed by atoms with Crippen LogP contribution in [0, 0.1) is 6.92 Å². The van der Waals surface area contributed by atoms with Crippen molar-refractivity contribution in [3.63, 3.8) is 0 Å². The summed E-state index contributed by atoms with van der Waals surface area (Å²) in [5, 5.41) is 20.4. The third-order valence-electron chi connectivity index (χ3n) is 4.29. The van der Waals surface area contributed by atoms with E-state index in [4.69, 9.17) is 9.15 Å². The van der Waals surface area contributed by atoms with Gasteiger partial charge in [-0.25, -0.2) is 0 Å². The number of methoxy groups -OCH3 is 1. The van der Waals surface area contributed by atoms with Crippen LogP contribution in [0.5, 0.6) is 5.75 Å². The van der Waals surface area contributed by atoms with Crippen molar-refractivity contribution in [1.82, 2.24) is 15.2 Å². The minimum absolute atomic E-state index is 0.0467. The first kappa shape index (κ1) is 18.8. The molecule has 4 rings (SSSR count). The van der Waals surface area contributed by atoms with Gasteiger partial charge in [-0.15, -0.1) is 10.2 Å². The lowest BCUT2D eigenvalue weighted by atomic mass is 10.0. The van der Waals surface area contributed by atoms with Gasteiger partial charge in [0.1, 0.15) is 5.75 Å². The smallest absolute Gasteiger partial charge is 0.281 e. The molecule has 4 aromatic rings. The van der Waals surface area contributed by atoms with Crippen molar-refractivity contribution in [3.05, 3.63) is 64.9 Å². The van der Waals surface area contributed by atoms with E-state index in [2.05, 4.69) is 15.2 Å². The lowest BCUT2D eigenvalue weighted by Crippen LogP contribution is -2.23. The van der Waals surface area contributed by atoms with Gasteiger partial charge in [-0.3, -0.25) is 0 Å². The van der Waals surface area contributed by atoms with E-state index in [1.807, 2.05) is 48.5 Å². The van der Waals surface area contributed by atoms with Crippen molar-refractivity contribution in [2.45, 2.75) is 12.1 Å². The Bertz CT molecular complexity index is 1210. The number of aromatic amines is 1.